The van der Waals surface area contributed by atoms with Crippen LogP contribution in [-0.2, 0) is 9.52 Å². The largest absolute Gasteiger partial charge is 0.296 e. The van der Waals surface area contributed by atoms with Crippen LogP contribution < -0.4 is 0 Å². The fraction of sp³-hybridized carbons (Fsp3) is 0.667. The first-order chi connectivity index (χ1) is 5.58. The lowest BCUT2D eigenvalue weighted by molar-refractivity contribution is 0.354. The molecule has 1 aliphatic heterocycles. The molecule has 0 aliphatic carbocycles. The molecular formula is C9H17NOS. The number of rotatable bonds is 4. The van der Waals surface area contributed by atoms with Crippen molar-refractivity contribution in [1.82, 2.24) is 4.90 Å². The van der Waals surface area contributed by atoms with Crippen molar-refractivity contribution in [2.24, 2.45) is 0 Å². The smallest absolute Gasteiger partial charge is 0.0168 e. The molecule has 0 bridgehead atoms. The highest BCUT2D eigenvalue weighted by atomic mass is 32.2. The molecule has 1 heterocycles. The Hall–Kier alpha value is -0.280. The van der Waals surface area contributed by atoms with Gasteiger partial charge in [-0.1, -0.05) is 12.2 Å². The van der Waals surface area contributed by atoms with Gasteiger partial charge in [-0.3, -0.25) is 9.11 Å². The van der Waals surface area contributed by atoms with E-state index in [0.717, 1.165) is 31.8 Å². The van der Waals surface area contributed by atoms with E-state index >= 15 is 0 Å². The van der Waals surface area contributed by atoms with E-state index in [4.69, 9.17) is 0 Å². The third-order valence-electron chi connectivity index (χ3n) is 1.94. The molecule has 0 saturated carbocycles. The molecule has 0 aromatic carbocycles. The van der Waals surface area contributed by atoms with Crippen molar-refractivity contribution in [3.63, 3.8) is 0 Å². The summed E-state index contributed by atoms with van der Waals surface area (Å²) in [5.74, 6) is 4.38. The number of hydrogen-bond donors (Lipinski definition) is 0. The predicted molar refractivity (Wildman–Crippen MR) is 56.3 cm³/mol. The molecule has 0 saturated heterocycles. The quantitative estimate of drug-likeness (QED) is 0.474. The molecule has 1 unspecified atom stereocenters. The first-order valence-corrected chi connectivity index (χ1v) is 6.56. The van der Waals surface area contributed by atoms with E-state index in [1.807, 2.05) is 0 Å². The first kappa shape index (κ1) is 9.81. The third kappa shape index (κ3) is 3.93. The zero-order chi connectivity index (χ0) is 9.03. The van der Waals surface area contributed by atoms with Crippen LogP contribution in [0.5, 0.6) is 0 Å². The lowest BCUT2D eigenvalue weighted by Gasteiger charge is -2.14. The highest BCUT2D eigenvalue weighted by Gasteiger charge is 2.05. The van der Waals surface area contributed by atoms with Crippen LogP contribution in [0, 0.1) is 0 Å². The van der Waals surface area contributed by atoms with Crippen molar-refractivity contribution in [2.75, 3.05) is 31.6 Å². The van der Waals surface area contributed by atoms with Crippen molar-refractivity contribution in [3.05, 3.63) is 12.2 Å². The highest BCUT2D eigenvalue weighted by Crippen LogP contribution is 2.00. The maximum atomic E-state index is 11.2. The van der Waals surface area contributed by atoms with Crippen molar-refractivity contribution in [1.29, 1.82) is 0 Å². The minimum Gasteiger partial charge on any atom is -0.296 e. The summed E-state index contributed by atoms with van der Waals surface area (Å²) in [6.45, 7) is 3.16. The summed E-state index contributed by atoms with van der Waals surface area (Å²) < 4.78 is 11.2. The molecular weight excluding hydrogens is 170 g/mol. The van der Waals surface area contributed by atoms with E-state index in [2.05, 4.69) is 22.9 Å². The predicted octanol–water partition coefficient (Wildman–Crippen LogP) is 0.595. The Balaban J connectivity index is 2.11. The van der Waals surface area contributed by atoms with Gasteiger partial charge >= 0.3 is 0 Å². The topological polar surface area (TPSA) is 20.3 Å². The highest BCUT2D eigenvalue weighted by molar-refractivity contribution is 7.99. The Morgan fingerprint density at radius 2 is 2.08 bits per heavy atom. The monoisotopic (exact) mass is 187 g/mol. The van der Waals surface area contributed by atoms with Crippen molar-refractivity contribution < 1.29 is 4.21 Å². The summed E-state index contributed by atoms with van der Waals surface area (Å²) in [5.41, 5.74) is 0. The maximum Gasteiger partial charge on any atom is 0.0168 e. The molecule has 1 aliphatic rings. The molecule has 0 fully saturated rings. The van der Waals surface area contributed by atoms with Crippen LogP contribution in [0.4, 0.5) is 0 Å². The maximum absolute atomic E-state index is 11.2. The van der Waals surface area contributed by atoms with Gasteiger partial charge in [0.05, 0.1) is 0 Å². The van der Waals surface area contributed by atoms with Crippen LogP contribution in [0.3, 0.4) is 0 Å². The van der Waals surface area contributed by atoms with Crippen LogP contribution in [0.25, 0.3) is 0 Å². The van der Waals surface area contributed by atoms with Crippen LogP contribution in [0.1, 0.15) is 6.42 Å². The summed E-state index contributed by atoms with van der Waals surface area (Å²) in [6, 6.07) is 0. The van der Waals surface area contributed by atoms with Gasteiger partial charge in [0.2, 0.25) is 0 Å². The summed E-state index contributed by atoms with van der Waals surface area (Å²) in [4.78, 5) is 2.34. The fourth-order valence-electron chi connectivity index (χ4n) is 1.30. The minimum atomic E-state index is -1.76. The third-order valence-corrected chi connectivity index (χ3v) is 3.10. The van der Waals surface area contributed by atoms with Gasteiger partial charge < -0.3 is 0 Å². The Bertz CT molecular complexity index is 246. The van der Waals surface area contributed by atoms with Gasteiger partial charge in [0.25, 0.3) is 0 Å². The molecule has 0 N–H and O–H groups in total. The molecule has 0 aromatic rings. The summed E-state index contributed by atoms with van der Waals surface area (Å²) >= 11 is 0. The summed E-state index contributed by atoms with van der Waals surface area (Å²) in [7, 11) is -1.76. The van der Waals surface area contributed by atoms with Crippen LogP contribution in [0.15, 0.2) is 12.2 Å². The van der Waals surface area contributed by atoms with Crippen LogP contribution in [0.2, 0.25) is 0 Å². The normalized spacial score (nSPS) is 22.8. The van der Waals surface area contributed by atoms with E-state index in [1.54, 1.807) is 6.26 Å². The Morgan fingerprint density at radius 3 is 2.58 bits per heavy atom. The molecule has 70 valence electrons. The second kappa shape index (κ2) is 4.10. The lowest BCUT2D eigenvalue weighted by Crippen LogP contribution is -2.22. The minimum absolute atomic E-state index is 0.753. The summed E-state index contributed by atoms with van der Waals surface area (Å²) in [6.07, 6.45) is 7.08. The van der Waals surface area contributed by atoms with E-state index in [9.17, 15) is 4.21 Å². The van der Waals surface area contributed by atoms with E-state index in [1.165, 1.54) is 0 Å². The van der Waals surface area contributed by atoms with Crippen LogP contribution in [-0.4, -0.2) is 46.6 Å². The second-order valence-corrected chi connectivity index (χ2v) is 6.25. The van der Waals surface area contributed by atoms with E-state index in [0.29, 0.717) is 0 Å². The average molecular weight is 187 g/mol. The van der Waals surface area contributed by atoms with Gasteiger partial charge in [-0.2, -0.15) is 0 Å². The Morgan fingerprint density at radius 1 is 1.50 bits per heavy atom. The van der Waals surface area contributed by atoms with Gasteiger partial charge in [0.15, 0.2) is 0 Å². The van der Waals surface area contributed by atoms with Crippen LogP contribution >= 0.6 is 0 Å². The summed E-state index contributed by atoms with van der Waals surface area (Å²) in [5, 5.41) is 0. The molecule has 12 heavy (non-hydrogen) atoms. The molecule has 1 rings (SSSR count). The molecule has 0 aromatic heterocycles. The standard InChI is InChI=1S/C9H17NOS/c1-12(2,11)9-5-8-10-6-3-4-7-10/h3-4H,1,5-9H2,2H3. The zero-order valence-electron chi connectivity index (χ0n) is 7.66. The Kier molecular flexibility index (Phi) is 3.35. The average Bonchev–Trinajstić information content (AvgIpc) is 2.36. The van der Waals surface area contributed by atoms with Crippen molar-refractivity contribution in [2.45, 2.75) is 6.42 Å². The van der Waals surface area contributed by atoms with Gasteiger partial charge in [0.1, 0.15) is 0 Å². The second-order valence-electron chi connectivity index (χ2n) is 3.47. The van der Waals surface area contributed by atoms with E-state index < -0.39 is 9.52 Å². The van der Waals surface area contributed by atoms with Crippen molar-refractivity contribution >= 4 is 15.4 Å². The number of nitrogens with zero attached hydrogens (tertiary/aromatic N) is 1. The van der Waals surface area contributed by atoms with Gasteiger partial charge in [-0.05, 0) is 28.4 Å². The fourth-order valence-corrected chi connectivity index (χ4v) is 2.04. The van der Waals surface area contributed by atoms with Gasteiger partial charge in [-0.25, -0.2) is 0 Å². The van der Waals surface area contributed by atoms with Gasteiger partial charge in [0, 0.05) is 25.1 Å². The Labute approximate surface area is 75.3 Å². The van der Waals surface area contributed by atoms with Gasteiger partial charge in [-0.15, -0.1) is 0 Å². The first-order valence-electron chi connectivity index (χ1n) is 4.25. The van der Waals surface area contributed by atoms with Crippen molar-refractivity contribution in [3.8, 4) is 0 Å². The molecule has 3 heteroatoms. The number of hydrogen-bond acceptors (Lipinski definition) is 2. The molecule has 2 nitrogen and oxygen atoms in total. The van der Waals surface area contributed by atoms with E-state index in [-0.39, 0.29) is 0 Å². The zero-order valence-corrected chi connectivity index (χ0v) is 8.48. The molecule has 0 spiro atoms. The molecule has 1 atom stereocenters. The SMILES string of the molecule is C=S(C)(=O)CCCN1CC=CC1. The lowest BCUT2D eigenvalue weighted by atomic mass is 10.4. The molecule has 0 radical (unpaired) electrons. The molecule has 0 amide bonds.